The second-order valence-corrected chi connectivity index (χ2v) is 7.26. The SMILES string of the molecule is COc1cccc(CNC(=O)Cn2cnc3onc(-c4ccc(Cl)cc4)c3c2=O)c1OC. The van der Waals surface area contributed by atoms with E-state index in [4.69, 9.17) is 25.6 Å². The number of nitrogens with zero attached hydrogens (tertiary/aromatic N) is 3. The number of aromatic nitrogens is 3. The minimum atomic E-state index is -0.435. The predicted molar refractivity (Wildman–Crippen MR) is 118 cm³/mol. The van der Waals surface area contributed by atoms with E-state index in [9.17, 15) is 9.59 Å². The highest BCUT2D eigenvalue weighted by molar-refractivity contribution is 6.30. The number of amides is 1. The Labute approximate surface area is 187 Å². The molecule has 0 atom stereocenters. The van der Waals surface area contributed by atoms with Crippen molar-refractivity contribution >= 4 is 28.6 Å². The molecule has 2 heterocycles. The van der Waals surface area contributed by atoms with Crippen molar-refractivity contribution in [2.24, 2.45) is 0 Å². The summed E-state index contributed by atoms with van der Waals surface area (Å²) in [6.45, 7) is -0.0216. The number of methoxy groups -OCH3 is 2. The molecule has 0 aliphatic heterocycles. The molecule has 2 aromatic carbocycles. The van der Waals surface area contributed by atoms with Crippen LogP contribution >= 0.6 is 11.6 Å². The summed E-state index contributed by atoms with van der Waals surface area (Å²) in [5, 5.41) is 7.50. The molecule has 0 bridgehead atoms. The predicted octanol–water partition coefficient (Wildman–Crippen LogP) is 3.04. The van der Waals surface area contributed by atoms with Gasteiger partial charge in [-0.1, -0.05) is 41.0 Å². The second-order valence-electron chi connectivity index (χ2n) is 6.83. The Kier molecular flexibility index (Phi) is 6.09. The van der Waals surface area contributed by atoms with Gasteiger partial charge in [-0.25, -0.2) is 4.98 Å². The number of rotatable bonds is 7. The summed E-state index contributed by atoms with van der Waals surface area (Å²) >= 11 is 5.93. The first kappa shape index (κ1) is 21.4. The van der Waals surface area contributed by atoms with Crippen LogP contribution in [0.3, 0.4) is 0 Å². The number of ether oxygens (including phenoxy) is 2. The Hall–Kier alpha value is -3.85. The normalized spacial score (nSPS) is 10.8. The van der Waals surface area contributed by atoms with Gasteiger partial charge in [0.05, 0.1) is 14.2 Å². The molecule has 4 aromatic rings. The van der Waals surface area contributed by atoms with E-state index >= 15 is 0 Å². The molecule has 9 nitrogen and oxygen atoms in total. The highest BCUT2D eigenvalue weighted by Gasteiger charge is 2.18. The lowest BCUT2D eigenvalue weighted by atomic mass is 10.1. The van der Waals surface area contributed by atoms with Gasteiger partial charge in [-0.05, 0) is 18.2 Å². The third-order valence-corrected chi connectivity index (χ3v) is 5.11. The lowest BCUT2D eigenvalue weighted by molar-refractivity contribution is -0.121. The monoisotopic (exact) mass is 454 g/mol. The lowest BCUT2D eigenvalue weighted by Crippen LogP contribution is -2.32. The van der Waals surface area contributed by atoms with E-state index in [0.29, 0.717) is 27.8 Å². The van der Waals surface area contributed by atoms with E-state index < -0.39 is 5.56 Å². The Morgan fingerprint density at radius 2 is 1.94 bits per heavy atom. The fourth-order valence-corrected chi connectivity index (χ4v) is 3.42. The largest absolute Gasteiger partial charge is 0.493 e. The molecular weight excluding hydrogens is 436 g/mol. The van der Waals surface area contributed by atoms with Gasteiger partial charge in [0.2, 0.25) is 5.91 Å². The van der Waals surface area contributed by atoms with Gasteiger partial charge in [0, 0.05) is 22.7 Å². The highest BCUT2D eigenvalue weighted by atomic mass is 35.5. The number of hydrogen-bond acceptors (Lipinski definition) is 7. The fourth-order valence-electron chi connectivity index (χ4n) is 3.30. The quantitative estimate of drug-likeness (QED) is 0.457. The van der Waals surface area contributed by atoms with E-state index in [0.717, 1.165) is 5.56 Å². The molecule has 164 valence electrons. The third-order valence-electron chi connectivity index (χ3n) is 4.86. The molecule has 4 rings (SSSR count). The van der Waals surface area contributed by atoms with Gasteiger partial charge in [0.1, 0.15) is 24.0 Å². The number of fused-ring (bicyclic) bond motifs is 1. The average molecular weight is 455 g/mol. The van der Waals surface area contributed by atoms with Gasteiger partial charge in [0.25, 0.3) is 11.3 Å². The van der Waals surface area contributed by atoms with Crippen molar-refractivity contribution in [2.45, 2.75) is 13.1 Å². The van der Waals surface area contributed by atoms with E-state index in [-0.39, 0.29) is 30.1 Å². The van der Waals surface area contributed by atoms with Crippen molar-refractivity contribution in [3.63, 3.8) is 0 Å². The summed E-state index contributed by atoms with van der Waals surface area (Å²) in [6.07, 6.45) is 1.26. The van der Waals surface area contributed by atoms with Crippen molar-refractivity contribution in [3.05, 3.63) is 69.7 Å². The zero-order valence-electron chi connectivity index (χ0n) is 17.3. The number of nitrogens with one attached hydrogen (secondary N) is 1. The lowest BCUT2D eigenvalue weighted by Gasteiger charge is -2.13. The Balaban J connectivity index is 1.55. The van der Waals surface area contributed by atoms with Crippen molar-refractivity contribution < 1.29 is 18.8 Å². The van der Waals surface area contributed by atoms with Crippen LogP contribution in [0.15, 0.2) is 58.1 Å². The Bertz CT molecular complexity index is 1330. The molecule has 0 saturated carbocycles. The summed E-state index contributed by atoms with van der Waals surface area (Å²) in [6, 6.07) is 12.2. The molecule has 0 spiro atoms. The van der Waals surface area contributed by atoms with Gasteiger partial charge in [-0.15, -0.1) is 0 Å². The summed E-state index contributed by atoms with van der Waals surface area (Å²) in [5.41, 5.74) is 1.39. The molecule has 0 radical (unpaired) electrons. The first-order valence-electron chi connectivity index (χ1n) is 9.59. The van der Waals surface area contributed by atoms with E-state index in [1.165, 1.54) is 18.0 Å². The standard InChI is InChI=1S/C22H19ClN4O5/c1-30-16-5-3-4-14(20(16)31-2)10-24-17(28)11-27-12-25-21-18(22(27)29)19(26-32-21)13-6-8-15(23)9-7-13/h3-9,12H,10-11H2,1-2H3,(H,24,28). The first-order valence-corrected chi connectivity index (χ1v) is 9.97. The highest BCUT2D eigenvalue weighted by Crippen LogP contribution is 2.30. The van der Waals surface area contributed by atoms with Crippen LogP contribution in [0.25, 0.3) is 22.4 Å². The minimum absolute atomic E-state index is 0.0951. The van der Waals surface area contributed by atoms with Crippen LogP contribution in [0, 0.1) is 0 Å². The third kappa shape index (κ3) is 4.15. The van der Waals surface area contributed by atoms with E-state index in [1.807, 2.05) is 6.07 Å². The van der Waals surface area contributed by atoms with E-state index in [1.54, 1.807) is 43.5 Å². The zero-order chi connectivity index (χ0) is 22.7. The van der Waals surface area contributed by atoms with Crippen LogP contribution in [-0.4, -0.2) is 34.8 Å². The van der Waals surface area contributed by atoms with Crippen LogP contribution in [0.5, 0.6) is 11.5 Å². The summed E-state index contributed by atoms with van der Waals surface area (Å²) in [4.78, 5) is 29.7. The molecule has 1 amide bonds. The summed E-state index contributed by atoms with van der Waals surface area (Å²) in [7, 11) is 3.07. The molecular formula is C22H19ClN4O5. The summed E-state index contributed by atoms with van der Waals surface area (Å²) < 4.78 is 17.0. The van der Waals surface area contributed by atoms with Crippen LogP contribution in [0.2, 0.25) is 5.02 Å². The molecule has 0 aliphatic carbocycles. The number of benzene rings is 2. The fraction of sp³-hybridized carbons (Fsp3) is 0.182. The maximum absolute atomic E-state index is 13.0. The summed E-state index contributed by atoms with van der Waals surface area (Å²) in [5.74, 6) is 0.725. The zero-order valence-corrected chi connectivity index (χ0v) is 18.0. The van der Waals surface area contributed by atoms with Crippen LogP contribution in [0.1, 0.15) is 5.56 Å². The Morgan fingerprint density at radius 3 is 2.66 bits per heavy atom. The molecule has 1 N–H and O–H groups in total. The van der Waals surface area contributed by atoms with Crippen molar-refractivity contribution in [1.29, 1.82) is 0 Å². The van der Waals surface area contributed by atoms with Crippen molar-refractivity contribution in [1.82, 2.24) is 20.0 Å². The number of hydrogen-bond donors (Lipinski definition) is 1. The van der Waals surface area contributed by atoms with Crippen LogP contribution in [-0.2, 0) is 17.9 Å². The second kappa shape index (κ2) is 9.11. The molecule has 2 aromatic heterocycles. The van der Waals surface area contributed by atoms with Crippen LogP contribution in [0.4, 0.5) is 0 Å². The van der Waals surface area contributed by atoms with Crippen molar-refractivity contribution in [2.75, 3.05) is 14.2 Å². The molecule has 0 fully saturated rings. The van der Waals surface area contributed by atoms with E-state index in [2.05, 4.69) is 15.5 Å². The smallest absolute Gasteiger partial charge is 0.267 e. The maximum Gasteiger partial charge on any atom is 0.267 e. The molecule has 10 heteroatoms. The molecule has 0 aliphatic rings. The van der Waals surface area contributed by atoms with Gasteiger partial charge in [0.15, 0.2) is 11.5 Å². The first-order chi connectivity index (χ1) is 15.5. The van der Waals surface area contributed by atoms with Gasteiger partial charge in [-0.2, -0.15) is 0 Å². The molecule has 0 unspecified atom stereocenters. The topological polar surface area (TPSA) is 108 Å². The van der Waals surface area contributed by atoms with Crippen LogP contribution < -0.4 is 20.3 Å². The van der Waals surface area contributed by atoms with Gasteiger partial charge >= 0.3 is 0 Å². The Morgan fingerprint density at radius 1 is 1.16 bits per heavy atom. The molecule has 0 saturated heterocycles. The number of para-hydroxylation sites is 1. The maximum atomic E-state index is 13.0. The number of carbonyl (C=O) groups is 1. The number of halogens is 1. The average Bonchev–Trinajstić information content (AvgIpc) is 3.24. The van der Waals surface area contributed by atoms with Crippen molar-refractivity contribution in [3.8, 4) is 22.8 Å². The number of carbonyl (C=O) groups excluding carboxylic acids is 1. The molecule has 32 heavy (non-hydrogen) atoms. The van der Waals surface area contributed by atoms with Gasteiger partial charge in [-0.3, -0.25) is 14.2 Å². The minimum Gasteiger partial charge on any atom is -0.493 e. The van der Waals surface area contributed by atoms with Gasteiger partial charge < -0.3 is 19.3 Å².